The van der Waals surface area contributed by atoms with Gasteiger partial charge in [-0.3, -0.25) is 4.79 Å². The van der Waals surface area contributed by atoms with Crippen LogP contribution in [0.1, 0.15) is 25.7 Å². The highest BCUT2D eigenvalue weighted by Crippen LogP contribution is 2.21. The summed E-state index contributed by atoms with van der Waals surface area (Å²) in [5, 5.41) is 0. The van der Waals surface area contributed by atoms with Crippen molar-refractivity contribution in [1.29, 1.82) is 0 Å². The maximum absolute atomic E-state index is 10.8. The zero-order valence-corrected chi connectivity index (χ0v) is 9.92. The second kappa shape index (κ2) is 4.41. The summed E-state index contributed by atoms with van der Waals surface area (Å²) in [7, 11) is 0. The molecule has 0 unspecified atom stereocenters. The molecule has 0 atom stereocenters. The van der Waals surface area contributed by atoms with Crippen LogP contribution in [0.2, 0.25) is 0 Å². The van der Waals surface area contributed by atoms with Crippen LogP contribution in [-0.2, 0) is 4.79 Å². The third-order valence-corrected chi connectivity index (χ3v) is 2.54. The minimum atomic E-state index is -0.465. The van der Waals surface area contributed by atoms with Crippen molar-refractivity contribution in [1.82, 2.24) is 9.55 Å². The van der Waals surface area contributed by atoms with E-state index in [4.69, 9.17) is 5.73 Å². The van der Waals surface area contributed by atoms with Crippen molar-refractivity contribution in [3.8, 4) is 0 Å². The van der Waals surface area contributed by atoms with Crippen LogP contribution in [0.15, 0.2) is 30.3 Å². The number of hydrogen-bond donors (Lipinski definition) is 1. The van der Waals surface area contributed by atoms with Crippen molar-refractivity contribution in [2.75, 3.05) is 0 Å². The van der Waals surface area contributed by atoms with Crippen molar-refractivity contribution >= 4 is 23.0 Å². The van der Waals surface area contributed by atoms with Crippen molar-refractivity contribution in [2.24, 2.45) is 5.73 Å². The first-order chi connectivity index (χ1) is 8.09. The number of primary amides is 1. The van der Waals surface area contributed by atoms with Crippen molar-refractivity contribution in [3.05, 3.63) is 36.2 Å². The molecule has 4 nitrogen and oxygen atoms in total. The number of para-hydroxylation sites is 2. The fourth-order valence-corrected chi connectivity index (χ4v) is 1.88. The lowest BCUT2D eigenvalue weighted by Gasteiger charge is -2.10. The van der Waals surface area contributed by atoms with Crippen LogP contribution in [0.5, 0.6) is 0 Å². The van der Waals surface area contributed by atoms with E-state index in [0.717, 1.165) is 16.9 Å². The van der Waals surface area contributed by atoms with Gasteiger partial charge in [0.15, 0.2) is 0 Å². The van der Waals surface area contributed by atoms with Gasteiger partial charge in [-0.05, 0) is 32.1 Å². The molecule has 0 fully saturated rings. The summed E-state index contributed by atoms with van der Waals surface area (Å²) < 4.78 is 2.08. The molecule has 0 bridgehead atoms. The van der Waals surface area contributed by atoms with Crippen LogP contribution in [0.4, 0.5) is 0 Å². The number of carbonyl (C=O) groups excluding carboxylic acids is 1. The van der Waals surface area contributed by atoms with Crippen LogP contribution in [0.25, 0.3) is 17.1 Å². The summed E-state index contributed by atoms with van der Waals surface area (Å²) in [4.78, 5) is 15.2. The Morgan fingerprint density at radius 2 is 2.12 bits per heavy atom. The molecule has 2 rings (SSSR count). The Bertz CT molecular complexity index is 581. The lowest BCUT2D eigenvalue weighted by atomic mass is 10.3. The van der Waals surface area contributed by atoms with Crippen molar-refractivity contribution in [3.63, 3.8) is 0 Å². The molecule has 88 valence electrons. The van der Waals surface area contributed by atoms with Gasteiger partial charge in [0.05, 0.1) is 11.0 Å². The number of nitrogens with zero attached hydrogens (tertiary/aromatic N) is 2. The smallest absolute Gasteiger partial charge is 0.241 e. The number of amides is 1. The van der Waals surface area contributed by atoms with Crippen molar-refractivity contribution < 1.29 is 4.79 Å². The van der Waals surface area contributed by atoms with Gasteiger partial charge in [-0.15, -0.1) is 0 Å². The van der Waals surface area contributed by atoms with Crippen LogP contribution in [0, 0.1) is 0 Å². The topological polar surface area (TPSA) is 60.9 Å². The standard InChI is InChI=1S/C13H15N3O/c1-9(2)16-11-6-4-3-5-10(11)15-13(16)8-7-12(14)17/h3-9H,1-2H3,(H2,14,17)/b8-7+. The minimum Gasteiger partial charge on any atom is -0.366 e. The van der Waals surface area contributed by atoms with Crippen LogP contribution in [-0.4, -0.2) is 15.5 Å². The lowest BCUT2D eigenvalue weighted by molar-refractivity contribution is -0.113. The number of benzene rings is 1. The monoisotopic (exact) mass is 229 g/mol. The molecule has 0 saturated heterocycles. The van der Waals surface area contributed by atoms with Gasteiger partial charge in [0.2, 0.25) is 5.91 Å². The van der Waals surface area contributed by atoms with Crippen LogP contribution in [0.3, 0.4) is 0 Å². The molecule has 17 heavy (non-hydrogen) atoms. The third-order valence-electron chi connectivity index (χ3n) is 2.54. The molecule has 0 aliphatic rings. The van der Waals surface area contributed by atoms with Gasteiger partial charge in [0, 0.05) is 12.1 Å². The summed E-state index contributed by atoms with van der Waals surface area (Å²) in [6.07, 6.45) is 2.99. The van der Waals surface area contributed by atoms with E-state index in [0.29, 0.717) is 0 Å². The molecule has 1 aromatic carbocycles. The number of aromatic nitrogens is 2. The normalized spacial score (nSPS) is 11.7. The van der Waals surface area contributed by atoms with E-state index in [1.807, 2.05) is 24.3 Å². The average molecular weight is 229 g/mol. The van der Waals surface area contributed by atoms with Gasteiger partial charge < -0.3 is 10.3 Å². The van der Waals surface area contributed by atoms with E-state index >= 15 is 0 Å². The molecule has 1 amide bonds. The SMILES string of the molecule is CC(C)n1c(/C=C/C(N)=O)nc2ccccc21. The number of imidazole rings is 1. The van der Waals surface area contributed by atoms with E-state index < -0.39 is 5.91 Å². The zero-order chi connectivity index (χ0) is 12.4. The zero-order valence-electron chi connectivity index (χ0n) is 9.92. The summed E-state index contributed by atoms with van der Waals surface area (Å²) in [6.45, 7) is 4.16. The maximum Gasteiger partial charge on any atom is 0.241 e. The summed E-state index contributed by atoms with van der Waals surface area (Å²) in [5.41, 5.74) is 7.08. The summed E-state index contributed by atoms with van der Waals surface area (Å²) >= 11 is 0. The minimum absolute atomic E-state index is 0.273. The Kier molecular flexibility index (Phi) is 2.95. The number of hydrogen-bond acceptors (Lipinski definition) is 2. The first kappa shape index (κ1) is 11.4. The van der Waals surface area contributed by atoms with E-state index in [9.17, 15) is 4.79 Å². The molecule has 1 heterocycles. The molecule has 1 aromatic heterocycles. The highest BCUT2D eigenvalue weighted by Gasteiger charge is 2.10. The van der Waals surface area contributed by atoms with Gasteiger partial charge in [0.1, 0.15) is 5.82 Å². The molecule has 4 heteroatoms. The van der Waals surface area contributed by atoms with E-state index in [2.05, 4.69) is 23.4 Å². The highest BCUT2D eigenvalue weighted by molar-refractivity contribution is 5.90. The fraction of sp³-hybridized carbons (Fsp3) is 0.231. The van der Waals surface area contributed by atoms with E-state index in [1.165, 1.54) is 6.08 Å². The fourth-order valence-electron chi connectivity index (χ4n) is 1.88. The van der Waals surface area contributed by atoms with Crippen LogP contribution < -0.4 is 5.73 Å². The van der Waals surface area contributed by atoms with Gasteiger partial charge in [-0.25, -0.2) is 4.98 Å². The lowest BCUT2D eigenvalue weighted by Crippen LogP contribution is -2.07. The Labute approximate surface area is 99.8 Å². The Balaban J connectivity index is 2.61. The molecule has 2 aromatic rings. The Morgan fingerprint density at radius 1 is 1.41 bits per heavy atom. The summed E-state index contributed by atoms with van der Waals surface area (Å²) in [5.74, 6) is 0.285. The predicted molar refractivity (Wildman–Crippen MR) is 68.3 cm³/mol. The van der Waals surface area contributed by atoms with Crippen LogP contribution >= 0.6 is 0 Å². The predicted octanol–water partition coefficient (Wildman–Crippen LogP) is 2.12. The first-order valence-electron chi connectivity index (χ1n) is 5.54. The molecule has 0 radical (unpaired) electrons. The van der Waals surface area contributed by atoms with Crippen molar-refractivity contribution in [2.45, 2.75) is 19.9 Å². The van der Waals surface area contributed by atoms with Gasteiger partial charge in [-0.1, -0.05) is 12.1 Å². The Hall–Kier alpha value is -2.10. The second-order valence-corrected chi connectivity index (χ2v) is 4.16. The molecule has 0 saturated carbocycles. The Morgan fingerprint density at radius 3 is 2.76 bits per heavy atom. The molecule has 0 spiro atoms. The third kappa shape index (κ3) is 2.20. The molecule has 0 aliphatic heterocycles. The highest BCUT2D eigenvalue weighted by atomic mass is 16.1. The molecular weight excluding hydrogens is 214 g/mol. The van der Waals surface area contributed by atoms with Gasteiger partial charge >= 0.3 is 0 Å². The van der Waals surface area contributed by atoms with Gasteiger partial charge in [0.25, 0.3) is 0 Å². The average Bonchev–Trinajstić information content (AvgIpc) is 2.64. The van der Waals surface area contributed by atoms with E-state index in [-0.39, 0.29) is 6.04 Å². The van der Waals surface area contributed by atoms with E-state index in [1.54, 1.807) is 6.08 Å². The largest absolute Gasteiger partial charge is 0.366 e. The summed E-state index contributed by atoms with van der Waals surface area (Å²) in [6, 6.07) is 8.17. The number of carbonyl (C=O) groups is 1. The molecule has 2 N–H and O–H groups in total. The molecular formula is C13H15N3O. The number of nitrogens with two attached hydrogens (primary N) is 1. The number of fused-ring (bicyclic) bond motifs is 1. The maximum atomic E-state index is 10.8. The molecule has 0 aliphatic carbocycles. The second-order valence-electron chi connectivity index (χ2n) is 4.16. The first-order valence-corrected chi connectivity index (χ1v) is 5.54. The van der Waals surface area contributed by atoms with Gasteiger partial charge in [-0.2, -0.15) is 0 Å². The quantitative estimate of drug-likeness (QED) is 0.819. The number of rotatable bonds is 3.